The summed E-state index contributed by atoms with van der Waals surface area (Å²) in [5.74, 6) is -0.0353. The summed E-state index contributed by atoms with van der Waals surface area (Å²) in [5, 5.41) is 2.78. The highest BCUT2D eigenvalue weighted by molar-refractivity contribution is 5.96. The number of nitrogens with one attached hydrogen (secondary N) is 1. The van der Waals surface area contributed by atoms with Gasteiger partial charge in [-0.3, -0.25) is 9.59 Å². The highest BCUT2D eigenvalue weighted by Crippen LogP contribution is 2.30. The molecule has 20 heavy (non-hydrogen) atoms. The first-order valence-corrected chi connectivity index (χ1v) is 6.87. The third kappa shape index (κ3) is 3.17. The topological polar surface area (TPSA) is 58.6 Å². The minimum absolute atomic E-state index is 0.0392. The van der Waals surface area contributed by atoms with Crippen LogP contribution in [-0.4, -0.2) is 32.1 Å². The summed E-state index contributed by atoms with van der Waals surface area (Å²) in [4.78, 5) is 25.2. The van der Waals surface area contributed by atoms with Gasteiger partial charge in [0.2, 0.25) is 11.8 Å². The number of carbonyl (C=O) groups excluding carboxylic acids is 2. The Balaban J connectivity index is 2.19. The molecular formula is C15H20N2O3. The molecule has 1 aliphatic rings. The van der Waals surface area contributed by atoms with Crippen LogP contribution >= 0.6 is 0 Å². The van der Waals surface area contributed by atoms with Gasteiger partial charge < -0.3 is 15.0 Å². The van der Waals surface area contributed by atoms with Crippen LogP contribution in [0.2, 0.25) is 0 Å². The van der Waals surface area contributed by atoms with Crippen LogP contribution in [0.15, 0.2) is 18.2 Å². The number of ether oxygens (including phenoxy) is 1. The normalized spacial score (nSPS) is 13.8. The molecule has 0 radical (unpaired) electrons. The third-order valence-corrected chi connectivity index (χ3v) is 3.36. The van der Waals surface area contributed by atoms with Crippen molar-refractivity contribution in [1.82, 2.24) is 0 Å². The van der Waals surface area contributed by atoms with Crippen molar-refractivity contribution < 1.29 is 14.3 Å². The fraction of sp³-hybridized carbons (Fsp3) is 0.467. The molecule has 0 fully saturated rings. The third-order valence-electron chi connectivity index (χ3n) is 3.36. The second-order valence-corrected chi connectivity index (χ2v) is 4.83. The van der Waals surface area contributed by atoms with Crippen molar-refractivity contribution >= 4 is 23.2 Å². The van der Waals surface area contributed by atoms with Crippen molar-refractivity contribution in [3.63, 3.8) is 0 Å². The number of benzene rings is 1. The lowest BCUT2D eigenvalue weighted by Gasteiger charge is -2.29. The minimum Gasteiger partial charge on any atom is -0.375 e. The van der Waals surface area contributed by atoms with Gasteiger partial charge >= 0.3 is 0 Å². The van der Waals surface area contributed by atoms with Crippen LogP contribution < -0.4 is 10.2 Å². The second-order valence-electron chi connectivity index (χ2n) is 4.83. The van der Waals surface area contributed by atoms with Crippen LogP contribution in [-0.2, 0) is 20.7 Å². The number of hydrogen-bond acceptors (Lipinski definition) is 3. The number of hydrogen-bond donors (Lipinski definition) is 1. The summed E-state index contributed by atoms with van der Waals surface area (Å²) in [5.41, 5.74) is 2.82. The molecule has 2 amide bonds. The fourth-order valence-electron chi connectivity index (χ4n) is 2.45. The van der Waals surface area contributed by atoms with Crippen molar-refractivity contribution in [2.24, 2.45) is 0 Å². The lowest BCUT2D eigenvalue weighted by atomic mass is 10.0. The lowest BCUT2D eigenvalue weighted by molar-refractivity contribution is -0.120. The van der Waals surface area contributed by atoms with Gasteiger partial charge in [-0.2, -0.15) is 0 Å². The van der Waals surface area contributed by atoms with E-state index >= 15 is 0 Å². The monoisotopic (exact) mass is 276 g/mol. The maximum absolute atomic E-state index is 11.9. The molecule has 1 aromatic carbocycles. The fourth-order valence-corrected chi connectivity index (χ4v) is 2.45. The number of rotatable bonds is 4. The smallest absolute Gasteiger partial charge is 0.250 e. The van der Waals surface area contributed by atoms with Crippen LogP contribution in [0, 0.1) is 0 Å². The Kier molecular flexibility index (Phi) is 4.74. The number of nitrogens with zero attached hydrogens (tertiary/aromatic N) is 1. The Labute approximate surface area is 118 Å². The number of methoxy groups -OCH3 is 1. The maximum Gasteiger partial charge on any atom is 0.250 e. The molecule has 0 unspecified atom stereocenters. The van der Waals surface area contributed by atoms with E-state index in [0.29, 0.717) is 6.42 Å². The van der Waals surface area contributed by atoms with Gasteiger partial charge in [0.25, 0.3) is 0 Å². The number of carbonyl (C=O) groups is 2. The summed E-state index contributed by atoms with van der Waals surface area (Å²) >= 11 is 0. The molecule has 0 atom stereocenters. The highest BCUT2D eigenvalue weighted by Gasteiger charge is 2.21. The molecule has 1 aromatic rings. The van der Waals surface area contributed by atoms with Crippen molar-refractivity contribution in [1.29, 1.82) is 0 Å². The molecule has 1 N–H and O–H groups in total. The predicted octanol–water partition coefficient (Wildman–Crippen LogP) is 1.96. The van der Waals surface area contributed by atoms with Gasteiger partial charge in [-0.1, -0.05) is 6.92 Å². The molecule has 0 bridgehead atoms. The molecular weight excluding hydrogens is 256 g/mol. The van der Waals surface area contributed by atoms with Crippen molar-refractivity contribution in [3.05, 3.63) is 23.8 Å². The van der Waals surface area contributed by atoms with E-state index in [1.54, 1.807) is 0 Å². The van der Waals surface area contributed by atoms with Crippen molar-refractivity contribution in [2.45, 2.75) is 26.2 Å². The first kappa shape index (κ1) is 14.5. The Morgan fingerprint density at radius 1 is 1.40 bits per heavy atom. The molecule has 5 nitrogen and oxygen atoms in total. The SMILES string of the molecule is CCC(=O)N1CCCc2cc(NC(=O)COC)ccc21. The largest absolute Gasteiger partial charge is 0.375 e. The van der Waals surface area contributed by atoms with E-state index in [-0.39, 0.29) is 18.4 Å². The van der Waals surface area contributed by atoms with Crippen LogP contribution in [0.1, 0.15) is 25.3 Å². The van der Waals surface area contributed by atoms with E-state index in [1.807, 2.05) is 30.0 Å². The van der Waals surface area contributed by atoms with Crippen molar-refractivity contribution in [3.8, 4) is 0 Å². The van der Waals surface area contributed by atoms with E-state index in [1.165, 1.54) is 7.11 Å². The number of amides is 2. The summed E-state index contributed by atoms with van der Waals surface area (Å²) in [6.45, 7) is 2.68. The number of fused-ring (bicyclic) bond motifs is 1. The Morgan fingerprint density at radius 3 is 2.90 bits per heavy atom. The van der Waals surface area contributed by atoms with Gasteiger partial charge in [-0.05, 0) is 36.6 Å². The molecule has 0 saturated carbocycles. The molecule has 0 spiro atoms. The Morgan fingerprint density at radius 2 is 2.20 bits per heavy atom. The molecule has 0 aromatic heterocycles. The molecule has 1 aliphatic heterocycles. The van der Waals surface area contributed by atoms with E-state index in [0.717, 1.165) is 36.3 Å². The standard InChI is InChI=1S/C15H20N2O3/c1-3-15(19)17-8-4-5-11-9-12(6-7-13(11)17)16-14(18)10-20-2/h6-7,9H,3-5,8,10H2,1-2H3,(H,16,18). The zero-order valence-corrected chi connectivity index (χ0v) is 11.9. The maximum atomic E-state index is 11.9. The molecule has 5 heteroatoms. The van der Waals surface area contributed by atoms with E-state index < -0.39 is 0 Å². The molecule has 0 aliphatic carbocycles. The van der Waals surface area contributed by atoms with Gasteiger partial charge in [0.1, 0.15) is 6.61 Å². The van der Waals surface area contributed by atoms with Crippen LogP contribution in [0.25, 0.3) is 0 Å². The molecule has 0 saturated heterocycles. The van der Waals surface area contributed by atoms with Gasteiger partial charge in [0.05, 0.1) is 0 Å². The van der Waals surface area contributed by atoms with Gasteiger partial charge in [0.15, 0.2) is 0 Å². The average molecular weight is 276 g/mol. The quantitative estimate of drug-likeness (QED) is 0.914. The zero-order valence-electron chi connectivity index (χ0n) is 11.9. The van der Waals surface area contributed by atoms with E-state index in [9.17, 15) is 9.59 Å². The summed E-state index contributed by atoms with van der Waals surface area (Å²) in [6, 6.07) is 5.68. The summed E-state index contributed by atoms with van der Waals surface area (Å²) in [7, 11) is 1.49. The van der Waals surface area contributed by atoms with Crippen LogP contribution in [0.4, 0.5) is 11.4 Å². The first-order valence-electron chi connectivity index (χ1n) is 6.87. The summed E-state index contributed by atoms with van der Waals surface area (Å²) < 4.78 is 4.79. The molecule has 1 heterocycles. The molecule has 2 rings (SSSR count). The highest BCUT2D eigenvalue weighted by atomic mass is 16.5. The van der Waals surface area contributed by atoms with E-state index in [4.69, 9.17) is 4.74 Å². The molecule has 108 valence electrons. The summed E-state index contributed by atoms with van der Waals surface area (Å²) in [6.07, 6.45) is 2.39. The van der Waals surface area contributed by atoms with Crippen molar-refractivity contribution in [2.75, 3.05) is 30.5 Å². The second kappa shape index (κ2) is 6.52. The number of anilines is 2. The Hall–Kier alpha value is -1.88. The van der Waals surface area contributed by atoms with Crippen LogP contribution in [0.3, 0.4) is 0 Å². The van der Waals surface area contributed by atoms with Gasteiger partial charge in [-0.25, -0.2) is 0 Å². The average Bonchev–Trinajstić information content (AvgIpc) is 2.45. The Bertz CT molecular complexity index is 514. The first-order chi connectivity index (χ1) is 9.65. The predicted molar refractivity (Wildman–Crippen MR) is 77.9 cm³/mol. The lowest BCUT2D eigenvalue weighted by Crippen LogP contribution is -2.34. The van der Waals surface area contributed by atoms with Gasteiger partial charge in [0, 0.05) is 31.5 Å². The van der Waals surface area contributed by atoms with Gasteiger partial charge in [-0.15, -0.1) is 0 Å². The zero-order chi connectivity index (χ0) is 14.5. The van der Waals surface area contributed by atoms with Crippen LogP contribution in [0.5, 0.6) is 0 Å². The number of aryl methyl sites for hydroxylation is 1. The van der Waals surface area contributed by atoms with E-state index in [2.05, 4.69) is 5.32 Å². The minimum atomic E-state index is -0.176.